The molecule has 6 nitrogen and oxygen atoms in total. The number of aromatic nitrogens is 2. The van der Waals surface area contributed by atoms with Crippen molar-refractivity contribution in [2.24, 2.45) is 0 Å². The molecular formula is C21H20Cl2N4O2S2. The Bertz CT molecular complexity index is 1060. The van der Waals surface area contributed by atoms with Gasteiger partial charge in [-0.3, -0.25) is 14.9 Å². The summed E-state index contributed by atoms with van der Waals surface area (Å²) in [6.07, 6.45) is 3.35. The zero-order chi connectivity index (χ0) is 22.2. The first-order valence-corrected chi connectivity index (χ1v) is 12.1. The van der Waals surface area contributed by atoms with E-state index in [9.17, 15) is 9.59 Å². The maximum absolute atomic E-state index is 12.4. The number of thioether (sulfide) groups is 1. The number of aryl methyl sites for hydroxylation is 1. The van der Waals surface area contributed by atoms with Crippen molar-refractivity contribution in [3.63, 3.8) is 0 Å². The van der Waals surface area contributed by atoms with Crippen molar-refractivity contribution < 1.29 is 9.59 Å². The first-order chi connectivity index (χ1) is 14.9. The van der Waals surface area contributed by atoms with Crippen LogP contribution in [-0.4, -0.2) is 27.8 Å². The number of anilines is 2. The number of benzene rings is 2. The molecule has 0 aliphatic rings. The first-order valence-electron chi connectivity index (χ1n) is 9.56. The van der Waals surface area contributed by atoms with E-state index in [0.29, 0.717) is 14.5 Å². The summed E-state index contributed by atoms with van der Waals surface area (Å²) in [5.74, 6) is -0.390. The number of hydrogen-bond donors (Lipinski definition) is 2. The molecule has 10 heteroatoms. The summed E-state index contributed by atoms with van der Waals surface area (Å²) in [4.78, 5) is 24.6. The monoisotopic (exact) mass is 494 g/mol. The van der Waals surface area contributed by atoms with Gasteiger partial charge in [-0.25, -0.2) is 0 Å². The van der Waals surface area contributed by atoms with Crippen molar-refractivity contribution >= 4 is 68.9 Å². The predicted molar refractivity (Wildman–Crippen MR) is 129 cm³/mol. The van der Waals surface area contributed by atoms with Crippen LogP contribution in [0.5, 0.6) is 0 Å². The highest BCUT2D eigenvalue weighted by Gasteiger charge is 2.15. The van der Waals surface area contributed by atoms with Crippen molar-refractivity contribution in [1.29, 1.82) is 0 Å². The van der Waals surface area contributed by atoms with Gasteiger partial charge in [-0.1, -0.05) is 71.8 Å². The van der Waals surface area contributed by atoms with E-state index in [1.54, 1.807) is 12.1 Å². The fourth-order valence-corrected chi connectivity index (χ4v) is 4.54. The Morgan fingerprint density at radius 1 is 1.06 bits per heavy atom. The van der Waals surface area contributed by atoms with Gasteiger partial charge in [0.1, 0.15) is 0 Å². The number of rotatable bonds is 9. The van der Waals surface area contributed by atoms with Gasteiger partial charge in [-0.05, 0) is 48.7 Å². The van der Waals surface area contributed by atoms with Gasteiger partial charge in [0, 0.05) is 10.7 Å². The zero-order valence-electron chi connectivity index (χ0n) is 16.7. The average molecular weight is 495 g/mol. The molecule has 2 aromatic carbocycles. The third kappa shape index (κ3) is 7.21. The second-order valence-electron chi connectivity index (χ2n) is 6.59. The van der Waals surface area contributed by atoms with Crippen LogP contribution in [0.4, 0.5) is 10.8 Å². The minimum Gasteiger partial charge on any atom is -0.325 e. The molecule has 2 amide bonds. The molecule has 0 unspecified atom stereocenters. The number of hydrogen-bond acceptors (Lipinski definition) is 6. The minimum atomic E-state index is -0.430. The SMILES string of the molecule is CCCCc1ccc(NC(=O)CSc2nnc(NC(=O)c3cc(Cl)ccc3Cl)s2)cc1. The smallest absolute Gasteiger partial charge is 0.259 e. The molecule has 162 valence electrons. The summed E-state index contributed by atoms with van der Waals surface area (Å²) in [5.41, 5.74) is 2.27. The summed E-state index contributed by atoms with van der Waals surface area (Å²) in [5, 5.41) is 14.5. The average Bonchev–Trinajstić information content (AvgIpc) is 3.20. The van der Waals surface area contributed by atoms with Crippen molar-refractivity contribution in [2.45, 2.75) is 30.5 Å². The molecule has 0 aliphatic heterocycles. The van der Waals surface area contributed by atoms with E-state index in [1.807, 2.05) is 24.3 Å². The molecular weight excluding hydrogens is 475 g/mol. The number of halogens is 2. The van der Waals surface area contributed by atoms with Crippen molar-refractivity contribution in [3.8, 4) is 0 Å². The minimum absolute atomic E-state index is 0.141. The van der Waals surface area contributed by atoms with Crippen LogP contribution < -0.4 is 10.6 Å². The molecule has 3 rings (SSSR count). The van der Waals surface area contributed by atoms with Crippen molar-refractivity contribution in [3.05, 3.63) is 63.6 Å². The Balaban J connectivity index is 1.49. The van der Waals surface area contributed by atoms with Gasteiger partial charge in [0.2, 0.25) is 11.0 Å². The highest BCUT2D eigenvalue weighted by Crippen LogP contribution is 2.27. The fourth-order valence-electron chi connectivity index (χ4n) is 2.61. The third-order valence-corrected chi connectivity index (χ3v) is 6.72. The lowest BCUT2D eigenvalue weighted by Crippen LogP contribution is -2.13. The summed E-state index contributed by atoms with van der Waals surface area (Å²) < 4.78 is 0.567. The van der Waals surface area contributed by atoms with E-state index < -0.39 is 5.91 Å². The summed E-state index contributed by atoms with van der Waals surface area (Å²) in [6.45, 7) is 2.16. The number of unbranched alkanes of at least 4 members (excludes halogenated alkanes) is 1. The van der Waals surface area contributed by atoms with Crippen molar-refractivity contribution in [2.75, 3.05) is 16.4 Å². The molecule has 31 heavy (non-hydrogen) atoms. The van der Waals surface area contributed by atoms with E-state index in [0.717, 1.165) is 24.9 Å². The zero-order valence-corrected chi connectivity index (χ0v) is 19.8. The summed E-state index contributed by atoms with van der Waals surface area (Å²) in [7, 11) is 0. The molecule has 0 atom stereocenters. The number of carbonyl (C=O) groups excluding carboxylic acids is 2. The number of nitrogens with one attached hydrogen (secondary N) is 2. The van der Waals surface area contributed by atoms with Crippen LogP contribution in [0, 0.1) is 0 Å². The normalized spacial score (nSPS) is 10.7. The Hall–Kier alpha value is -2.13. The largest absolute Gasteiger partial charge is 0.325 e. The van der Waals surface area contributed by atoms with Crippen LogP contribution in [0.3, 0.4) is 0 Å². The predicted octanol–water partition coefficient (Wildman–Crippen LogP) is 6.17. The van der Waals surface area contributed by atoms with Crippen LogP contribution in [0.15, 0.2) is 46.8 Å². The fraction of sp³-hybridized carbons (Fsp3) is 0.238. The molecule has 0 saturated carbocycles. The molecule has 0 saturated heterocycles. The molecule has 0 aliphatic carbocycles. The quantitative estimate of drug-likeness (QED) is 0.274. The second-order valence-corrected chi connectivity index (χ2v) is 9.63. The number of carbonyl (C=O) groups is 2. The molecule has 3 aromatic rings. The second kappa shape index (κ2) is 11.5. The maximum Gasteiger partial charge on any atom is 0.259 e. The van der Waals surface area contributed by atoms with Crippen LogP contribution >= 0.6 is 46.3 Å². The first kappa shape index (κ1) is 23.5. The van der Waals surface area contributed by atoms with E-state index >= 15 is 0 Å². The lowest BCUT2D eigenvalue weighted by Gasteiger charge is -2.06. The lowest BCUT2D eigenvalue weighted by molar-refractivity contribution is -0.113. The Kier molecular flexibility index (Phi) is 8.71. The molecule has 2 N–H and O–H groups in total. The van der Waals surface area contributed by atoms with E-state index in [2.05, 4.69) is 27.8 Å². The summed E-state index contributed by atoms with van der Waals surface area (Å²) >= 11 is 14.4. The van der Waals surface area contributed by atoms with Gasteiger partial charge in [0.05, 0.1) is 16.3 Å². The van der Waals surface area contributed by atoms with Gasteiger partial charge in [0.15, 0.2) is 4.34 Å². The molecule has 1 aromatic heterocycles. The topological polar surface area (TPSA) is 84.0 Å². The van der Waals surface area contributed by atoms with Gasteiger partial charge in [-0.15, -0.1) is 10.2 Å². The number of nitrogens with zero attached hydrogens (tertiary/aromatic N) is 2. The van der Waals surface area contributed by atoms with E-state index in [-0.39, 0.29) is 22.2 Å². The van der Waals surface area contributed by atoms with Gasteiger partial charge in [-0.2, -0.15) is 0 Å². The van der Waals surface area contributed by atoms with Crippen molar-refractivity contribution in [1.82, 2.24) is 10.2 Å². The standard InChI is InChI=1S/C21H20Cl2N4O2S2/c1-2-3-4-13-5-8-15(9-6-13)24-18(28)12-30-21-27-26-20(31-21)25-19(29)16-11-14(22)7-10-17(16)23/h5-11H,2-4,12H2,1H3,(H,24,28)(H,25,26,29). The number of amides is 2. The molecule has 0 bridgehead atoms. The van der Waals surface area contributed by atoms with Gasteiger partial charge < -0.3 is 5.32 Å². The highest BCUT2D eigenvalue weighted by molar-refractivity contribution is 8.01. The molecule has 0 fully saturated rings. The van der Waals surface area contributed by atoms with Crippen LogP contribution in [0.25, 0.3) is 0 Å². The molecule has 0 spiro atoms. The Labute approximate surface area is 198 Å². The summed E-state index contributed by atoms with van der Waals surface area (Å²) in [6, 6.07) is 12.5. The maximum atomic E-state index is 12.4. The Morgan fingerprint density at radius 3 is 2.58 bits per heavy atom. The van der Waals surface area contributed by atoms with Crippen LogP contribution in [0.2, 0.25) is 10.0 Å². The van der Waals surface area contributed by atoms with E-state index in [4.69, 9.17) is 23.2 Å². The lowest BCUT2D eigenvalue weighted by atomic mass is 10.1. The van der Waals surface area contributed by atoms with Crippen LogP contribution in [0.1, 0.15) is 35.7 Å². The third-order valence-electron chi connectivity index (χ3n) is 4.18. The van der Waals surface area contributed by atoms with Crippen LogP contribution in [-0.2, 0) is 11.2 Å². The molecule has 0 radical (unpaired) electrons. The Morgan fingerprint density at radius 2 is 1.84 bits per heavy atom. The van der Waals surface area contributed by atoms with Gasteiger partial charge in [0.25, 0.3) is 5.91 Å². The highest BCUT2D eigenvalue weighted by atomic mass is 35.5. The van der Waals surface area contributed by atoms with E-state index in [1.165, 1.54) is 34.7 Å². The molecule has 1 heterocycles. The van der Waals surface area contributed by atoms with Gasteiger partial charge >= 0.3 is 0 Å².